The molecule has 1 atom stereocenters. The highest BCUT2D eigenvalue weighted by Crippen LogP contribution is 2.23. The van der Waals surface area contributed by atoms with Crippen LogP contribution in [-0.2, 0) is 10.0 Å². The second kappa shape index (κ2) is 8.56. The summed E-state index contributed by atoms with van der Waals surface area (Å²) < 4.78 is 27.5. The molecule has 0 aromatic heterocycles. The summed E-state index contributed by atoms with van der Waals surface area (Å²) in [7, 11) is -3.74. The van der Waals surface area contributed by atoms with E-state index in [0.29, 0.717) is 0 Å². The highest BCUT2D eigenvalue weighted by atomic mass is 35.5. The first-order valence-electron chi connectivity index (χ1n) is 8.43. The Labute approximate surface area is 159 Å². The Balaban J connectivity index is 2.23. The van der Waals surface area contributed by atoms with Gasteiger partial charge in [-0.2, -0.15) is 0 Å². The Morgan fingerprint density at radius 3 is 2.42 bits per heavy atom. The van der Waals surface area contributed by atoms with Gasteiger partial charge in [0.15, 0.2) is 0 Å². The summed E-state index contributed by atoms with van der Waals surface area (Å²) in [6, 6.07) is 11.0. The first-order chi connectivity index (χ1) is 12.2. The third-order valence-corrected chi connectivity index (χ3v) is 5.62. The smallest absolute Gasteiger partial charge is 0.261 e. The maximum Gasteiger partial charge on any atom is 0.261 e. The van der Waals surface area contributed by atoms with Crippen LogP contribution in [0.4, 0.5) is 5.69 Å². The SMILES string of the molecule is CCCC(C)NC(=O)c1cc(NS(=O)(=O)c2ccc(C)cc2)ccc1Cl. The van der Waals surface area contributed by atoms with Crippen molar-refractivity contribution < 1.29 is 13.2 Å². The molecule has 140 valence electrons. The summed E-state index contributed by atoms with van der Waals surface area (Å²) >= 11 is 6.12. The van der Waals surface area contributed by atoms with E-state index in [2.05, 4.69) is 10.0 Å². The Morgan fingerprint density at radius 2 is 1.81 bits per heavy atom. The molecule has 0 aliphatic carbocycles. The minimum absolute atomic E-state index is 0.0106. The molecule has 1 amide bonds. The molecule has 7 heteroatoms. The van der Waals surface area contributed by atoms with E-state index in [9.17, 15) is 13.2 Å². The van der Waals surface area contributed by atoms with Crippen LogP contribution >= 0.6 is 11.6 Å². The molecule has 0 saturated carbocycles. The molecule has 2 aromatic rings. The van der Waals surface area contributed by atoms with Gasteiger partial charge >= 0.3 is 0 Å². The lowest BCUT2D eigenvalue weighted by Gasteiger charge is -2.15. The van der Waals surface area contributed by atoms with Crippen molar-refractivity contribution >= 4 is 33.2 Å². The molecular weight excluding hydrogens is 372 g/mol. The molecule has 2 aromatic carbocycles. The summed E-state index contributed by atoms with van der Waals surface area (Å²) in [6.07, 6.45) is 1.80. The van der Waals surface area contributed by atoms with Gasteiger partial charge in [-0.1, -0.05) is 42.6 Å². The number of aryl methyl sites for hydroxylation is 1. The number of anilines is 1. The molecule has 5 nitrogen and oxygen atoms in total. The van der Waals surface area contributed by atoms with Crippen molar-refractivity contribution in [1.82, 2.24) is 5.32 Å². The highest BCUT2D eigenvalue weighted by molar-refractivity contribution is 7.92. The van der Waals surface area contributed by atoms with Gasteiger partial charge in [0.25, 0.3) is 15.9 Å². The zero-order chi connectivity index (χ0) is 19.3. The molecule has 2 N–H and O–H groups in total. The number of amides is 1. The zero-order valence-corrected chi connectivity index (χ0v) is 16.6. The standard InChI is InChI=1S/C19H23ClN2O3S/c1-4-5-14(3)21-19(23)17-12-15(8-11-18(17)20)22-26(24,25)16-9-6-13(2)7-10-16/h6-12,14,22H,4-5H2,1-3H3,(H,21,23). The number of carbonyl (C=O) groups is 1. The largest absolute Gasteiger partial charge is 0.350 e. The Bertz CT molecular complexity index is 880. The average Bonchev–Trinajstić information content (AvgIpc) is 2.57. The highest BCUT2D eigenvalue weighted by Gasteiger charge is 2.17. The second-order valence-electron chi connectivity index (χ2n) is 6.28. The molecule has 0 fully saturated rings. The maximum atomic E-state index is 12.5. The third-order valence-electron chi connectivity index (χ3n) is 3.89. The number of nitrogens with one attached hydrogen (secondary N) is 2. The number of carbonyl (C=O) groups excluding carboxylic acids is 1. The van der Waals surface area contributed by atoms with E-state index in [1.165, 1.54) is 30.3 Å². The van der Waals surface area contributed by atoms with Gasteiger partial charge in [0.2, 0.25) is 0 Å². The van der Waals surface area contributed by atoms with Crippen LogP contribution in [0.3, 0.4) is 0 Å². The zero-order valence-electron chi connectivity index (χ0n) is 15.0. The first kappa shape index (κ1) is 20.3. The van der Waals surface area contributed by atoms with Gasteiger partial charge in [-0.3, -0.25) is 9.52 Å². The van der Waals surface area contributed by atoms with Crippen molar-refractivity contribution in [3.8, 4) is 0 Å². The molecule has 0 spiro atoms. The second-order valence-corrected chi connectivity index (χ2v) is 8.37. The van der Waals surface area contributed by atoms with Crippen molar-refractivity contribution in [3.05, 3.63) is 58.6 Å². The Morgan fingerprint density at radius 1 is 1.15 bits per heavy atom. The van der Waals surface area contributed by atoms with Gasteiger partial charge in [-0.05, 0) is 50.6 Å². The predicted octanol–water partition coefficient (Wildman–Crippen LogP) is 4.37. The van der Waals surface area contributed by atoms with E-state index in [-0.39, 0.29) is 33.1 Å². The fourth-order valence-corrected chi connectivity index (χ4v) is 3.75. The number of hydrogen-bond acceptors (Lipinski definition) is 3. The Hall–Kier alpha value is -2.05. The summed E-state index contributed by atoms with van der Waals surface area (Å²) in [5, 5.41) is 3.13. The quantitative estimate of drug-likeness (QED) is 0.732. The number of halogens is 1. The monoisotopic (exact) mass is 394 g/mol. The van der Waals surface area contributed by atoms with Gasteiger partial charge in [0, 0.05) is 11.7 Å². The molecule has 2 rings (SSSR count). The van der Waals surface area contributed by atoms with E-state index >= 15 is 0 Å². The fourth-order valence-electron chi connectivity index (χ4n) is 2.50. The van der Waals surface area contributed by atoms with Crippen LogP contribution in [0.5, 0.6) is 0 Å². The minimum Gasteiger partial charge on any atom is -0.350 e. The molecule has 0 radical (unpaired) electrons. The lowest BCUT2D eigenvalue weighted by Crippen LogP contribution is -2.32. The van der Waals surface area contributed by atoms with Crippen molar-refractivity contribution in [1.29, 1.82) is 0 Å². The third kappa shape index (κ3) is 5.22. The van der Waals surface area contributed by atoms with Crippen LogP contribution in [0, 0.1) is 6.92 Å². The molecule has 0 saturated heterocycles. The Kier molecular flexibility index (Phi) is 6.67. The number of benzene rings is 2. The van der Waals surface area contributed by atoms with Gasteiger partial charge in [-0.25, -0.2) is 8.42 Å². The van der Waals surface area contributed by atoms with Gasteiger partial charge in [0.1, 0.15) is 0 Å². The molecular formula is C19H23ClN2O3S. The normalized spacial score (nSPS) is 12.5. The topological polar surface area (TPSA) is 75.3 Å². The van der Waals surface area contributed by atoms with Crippen LogP contribution in [-0.4, -0.2) is 20.4 Å². The van der Waals surface area contributed by atoms with Crippen molar-refractivity contribution in [2.45, 2.75) is 44.6 Å². The fraction of sp³-hybridized carbons (Fsp3) is 0.316. The summed E-state index contributed by atoms with van der Waals surface area (Å²) in [5.41, 5.74) is 1.48. The molecule has 1 unspecified atom stereocenters. The van der Waals surface area contributed by atoms with E-state index in [4.69, 9.17) is 11.6 Å². The number of sulfonamides is 1. The first-order valence-corrected chi connectivity index (χ1v) is 10.3. The number of hydrogen-bond donors (Lipinski definition) is 2. The predicted molar refractivity (Wildman–Crippen MR) is 105 cm³/mol. The molecule has 26 heavy (non-hydrogen) atoms. The van der Waals surface area contributed by atoms with Crippen LogP contribution in [0.1, 0.15) is 42.6 Å². The molecule has 0 aliphatic heterocycles. The minimum atomic E-state index is -3.74. The van der Waals surface area contributed by atoms with Crippen LogP contribution in [0.2, 0.25) is 5.02 Å². The molecule has 0 bridgehead atoms. The van der Waals surface area contributed by atoms with Gasteiger partial charge in [0.05, 0.1) is 15.5 Å². The lowest BCUT2D eigenvalue weighted by atomic mass is 10.1. The summed E-state index contributed by atoms with van der Waals surface area (Å²) in [5.74, 6) is -0.327. The summed E-state index contributed by atoms with van der Waals surface area (Å²) in [6.45, 7) is 5.84. The van der Waals surface area contributed by atoms with Crippen LogP contribution < -0.4 is 10.0 Å². The van der Waals surface area contributed by atoms with Gasteiger partial charge < -0.3 is 5.32 Å². The maximum absolute atomic E-state index is 12.5. The lowest BCUT2D eigenvalue weighted by molar-refractivity contribution is 0.0938. The summed E-state index contributed by atoms with van der Waals surface area (Å²) in [4.78, 5) is 12.6. The van der Waals surface area contributed by atoms with E-state index in [1.54, 1.807) is 12.1 Å². The van der Waals surface area contributed by atoms with Crippen LogP contribution in [0.15, 0.2) is 47.4 Å². The van der Waals surface area contributed by atoms with Crippen molar-refractivity contribution in [2.24, 2.45) is 0 Å². The van der Waals surface area contributed by atoms with Crippen LogP contribution in [0.25, 0.3) is 0 Å². The molecule has 0 aliphatic rings. The molecule has 0 heterocycles. The van der Waals surface area contributed by atoms with Crippen molar-refractivity contribution in [2.75, 3.05) is 4.72 Å². The van der Waals surface area contributed by atoms with Gasteiger partial charge in [-0.15, -0.1) is 0 Å². The van der Waals surface area contributed by atoms with E-state index in [1.807, 2.05) is 20.8 Å². The van der Waals surface area contributed by atoms with E-state index in [0.717, 1.165) is 18.4 Å². The number of rotatable bonds is 7. The van der Waals surface area contributed by atoms with E-state index < -0.39 is 10.0 Å². The van der Waals surface area contributed by atoms with Crippen molar-refractivity contribution in [3.63, 3.8) is 0 Å². The average molecular weight is 395 g/mol.